The molecule has 2 rings (SSSR count). The van der Waals surface area contributed by atoms with Gasteiger partial charge >= 0.3 is 0 Å². The molecule has 18 heavy (non-hydrogen) atoms. The molecule has 1 aliphatic rings. The summed E-state index contributed by atoms with van der Waals surface area (Å²) in [5.74, 6) is 0.476. The predicted molar refractivity (Wildman–Crippen MR) is 66.5 cm³/mol. The first-order valence-electron chi connectivity index (χ1n) is 5.90. The Bertz CT molecular complexity index is 425. The van der Waals surface area contributed by atoms with Gasteiger partial charge in [0.25, 0.3) is 5.91 Å². The number of nitrogens with zero attached hydrogens (tertiary/aromatic N) is 2. The van der Waals surface area contributed by atoms with Crippen molar-refractivity contribution in [1.82, 2.24) is 9.88 Å². The van der Waals surface area contributed by atoms with Crippen molar-refractivity contribution in [3.8, 4) is 0 Å². The topological polar surface area (TPSA) is 74.7 Å². The second-order valence-corrected chi connectivity index (χ2v) is 4.08. The molecule has 0 spiro atoms. The lowest BCUT2D eigenvalue weighted by Crippen LogP contribution is -2.47. The van der Waals surface area contributed by atoms with E-state index < -0.39 is 0 Å². The Labute approximate surface area is 106 Å². The number of hydrogen-bond acceptors (Lipinski definition) is 5. The van der Waals surface area contributed by atoms with E-state index in [9.17, 15) is 4.79 Å². The molecule has 6 heteroatoms. The number of aliphatic hydroxyl groups excluding tert-OH is 1. The molecule has 0 radical (unpaired) electrons. The largest absolute Gasteiger partial charge is 0.394 e. The fourth-order valence-electron chi connectivity index (χ4n) is 1.96. The number of carbonyl (C=O) groups is 1. The third-order valence-corrected chi connectivity index (χ3v) is 2.90. The summed E-state index contributed by atoms with van der Waals surface area (Å²) in [7, 11) is 1.73. The smallest absolute Gasteiger partial charge is 0.257 e. The molecule has 2 N–H and O–H groups in total. The molecular weight excluding hydrogens is 234 g/mol. The number of aromatic nitrogens is 1. The molecular formula is C12H17N3O3. The van der Waals surface area contributed by atoms with E-state index in [-0.39, 0.29) is 18.6 Å². The van der Waals surface area contributed by atoms with Gasteiger partial charge in [-0.25, -0.2) is 4.98 Å². The molecule has 1 aliphatic heterocycles. The van der Waals surface area contributed by atoms with Crippen LogP contribution in [0.2, 0.25) is 0 Å². The van der Waals surface area contributed by atoms with Gasteiger partial charge < -0.3 is 20.1 Å². The van der Waals surface area contributed by atoms with Crippen LogP contribution in [0.15, 0.2) is 18.3 Å². The number of carbonyl (C=O) groups excluding carboxylic acids is 1. The minimum Gasteiger partial charge on any atom is -0.394 e. The molecule has 1 aromatic rings. The average Bonchev–Trinajstić information content (AvgIpc) is 2.46. The van der Waals surface area contributed by atoms with Gasteiger partial charge in [-0.05, 0) is 12.1 Å². The van der Waals surface area contributed by atoms with Crippen molar-refractivity contribution in [2.24, 2.45) is 0 Å². The van der Waals surface area contributed by atoms with Crippen LogP contribution in [0.25, 0.3) is 0 Å². The summed E-state index contributed by atoms with van der Waals surface area (Å²) in [5.41, 5.74) is 0.540. The summed E-state index contributed by atoms with van der Waals surface area (Å²) in [6, 6.07) is 3.47. The highest BCUT2D eigenvalue weighted by Gasteiger charge is 2.25. The molecule has 1 aromatic heterocycles. The highest BCUT2D eigenvalue weighted by atomic mass is 16.5. The highest BCUT2D eigenvalue weighted by Crippen LogP contribution is 2.15. The predicted octanol–water partition coefficient (Wildman–Crippen LogP) is -0.0434. The number of pyridine rings is 1. The van der Waals surface area contributed by atoms with Gasteiger partial charge in [-0.3, -0.25) is 4.79 Å². The van der Waals surface area contributed by atoms with Crippen LogP contribution < -0.4 is 5.32 Å². The lowest BCUT2D eigenvalue weighted by Gasteiger charge is -2.32. The van der Waals surface area contributed by atoms with Gasteiger partial charge in [0.15, 0.2) is 0 Å². The number of amides is 1. The van der Waals surface area contributed by atoms with Crippen LogP contribution in [0.1, 0.15) is 10.4 Å². The Morgan fingerprint density at radius 1 is 1.72 bits per heavy atom. The van der Waals surface area contributed by atoms with Crippen LogP contribution in [-0.4, -0.2) is 60.4 Å². The minimum absolute atomic E-state index is 0.0737. The standard InChI is InChI=1S/C12H17N3O3/c1-13-11-10(3-2-4-14-11)12(17)15-5-6-18-9(7-15)8-16/h2-4,9,16H,5-8H2,1H3,(H,13,14). The number of hydrogen-bond donors (Lipinski definition) is 2. The maximum absolute atomic E-state index is 12.3. The number of anilines is 1. The summed E-state index contributed by atoms with van der Waals surface area (Å²) in [6.45, 7) is 1.32. The van der Waals surface area contributed by atoms with E-state index in [2.05, 4.69) is 10.3 Å². The van der Waals surface area contributed by atoms with Crippen molar-refractivity contribution < 1.29 is 14.6 Å². The van der Waals surface area contributed by atoms with Crippen molar-refractivity contribution in [3.63, 3.8) is 0 Å². The zero-order valence-corrected chi connectivity index (χ0v) is 10.3. The van der Waals surface area contributed by atoms with Crippen molar-refractivity contribution >= 4 is 11.7 Å². The second-order valence-electron chi connectivity index (χ2n) is 4.08. The number of rotatable bonds is 3. The first-order chi connectivity index (χ1) is 8.76. The van der Waals surface area contributed by atoms with Gasteiger partial charge in [0, 0.05) is 26.3 Å². The van der Waals surface area contributed by atoms with Crippen LogP contribution in [0.4, 0.5) is 5.82 Å². The molecule has 98 valence electrons. The Morgan fingerprint density at radius 3 is 3.28 bits per heavy atom. The maximum atomic E-state index is 12.3. The van der Waals surface area contributed by atoms with E-state index in [0.29, 0.717) is 31.1 Å². The third-order valence-electron chi connectivity index (χ3n) is 2.90. The van der Waals surface area contributed by atoms with Gasteiger partial charge in [-0.15, -0.1) is 0 Å². The van der Waals surface area contributed by atoms with E-state index in [1.54, 1.807) is 30.3 Å². The first kappa shape index (κ1) is 12.8. The van der Waals surface area contributed by atoms with Gasteiger partial charge in [-0.1, -0.05) is 0 Å². The van der Waals surface area contributed by atoms with Gasteiger partial charge in [-0.2, -0.15) is 0 Å². The van der Waals surface area contributed by atoms with Gasteiger partial charge in [0.1, 0.15) is 5.82 Å². The summed E-state index contributed by atoms with van der Waals surface area (Å²) >= 11 is 0. The highest BCUT2D eigenvalue weighted by molar-refractivity contribution is 5.98. The molecule has 1 amide bonds. The van der Waals surface area contributed by atoms with Crippen LogP contribution in [0.5, 0.6) is 0 Å². The van der Waals surface area contributed by atoms with Crippen molar-refractivity contribution in [2.45, 2.75) is 6.10 Å². The first-order valence-corrected chi connectivity index (χ1v) is 5.90. The molecule has 1 atom stereocenters. The maximum Gasteiger partial charge on any atom is 0.257 e. The monoisotopic (exact) mass is 251 g/mol. The van der Waals surface area contributed by atoms with Gasteiger partial charge in [0.2, 0.25) is 0 Å². The van der Waals surface area contributed by atoms with Crippen LogP contribution in [-0.2, 0) is 4.74 Å². The second kappa shape index (κ2) is 5.79. The van der Waals surface area contributed by atoms with E-state index in [0.717, 1.165) is 0 Å². The minimum atomic E-state index is -0.294. The lowest BCUT2D eigenvalue weighted by atomic mass is 10.2. The fourth-order valence-corrected chi connectivity index (χ4v) is 1.96. The fraction of sp³-hybridized carbons (Fsp3) is 0.500. The molecule has 0 aromatic carbocycles. The number of nitrogens with one attached hydrogen (secondary N) is 1. The molecule has 2 heterocycles. The number of morpholine rings is 1. The van der Waals surface area contributed by atoms with E-state index in [4.69, 9.17) is 9.84 Å². The Morgan fingerprint density at radius 2 is 2.56 bits per heavy atom. The number of aliphatic hydroxyl groups is 1. The van der Waals surface area contributed by atoms with Crippen LogP contribution in [0, 0.1) is 0 Å². The van der Waals surface area contributed by atoms with E-state index in [1.165, 1.54) is 0 Å². The molecule has 1 saturated heterocycles. The summed E-state index contributed by atoms with van der Waals surface area (Å²) < 4.78 is 5.32. The van der Waals surface area contributed by atoms with E-state index >= 15 is 0 Å². The SMILES string of the molecule is CNc1ncccc1C(=O)N1CCOC(CO)C1. The zero-order chi connectivity index (χ0) is 13.0. The Hall–Kier alpha value is -1.66. The molecule has 6 nitrogen and oxygen atoms in total. The van der Waals surface area contributed by atoms with Crippen molar-refractivity contribution in [2.75, 3.05) is 38.7 Å². The number of ether oxygens (including phenoxy) is 1. The Kier molecular flexibility index (Phi) is 4.11. The van der Waals surface area contributed by atoms with Crippen molar-refractivity contribution in [3.05, 3.63) is 23.9 Å². The third kappa shape index (κ3) is 2.60. The molecule has 0 saturated carbocycles. The normalized spacial score (nSPS) is 19.7. The van der Waals surface area contributed by atoms with Crippen LogP contribution >= 0.6 is 0 Å². The summed E-state index contributed by atoms with van der Waals surface area (Å²) in [5, 5.41) is 12.0. The zero-order valence-electron chi connectivity index (χ0n) is 10.3. The summed E-state index contributed by atoms with van der Waals surface area (Å²) in [4.78, 5) is 18.1. The quantitative estimate of drug-likeness (QED) is 0.788. The molecule has 0 aliphatic carbocycles. The summed E-state index contributed by atoms with van der Waals surface area (Å²) in [6.07, 6.45) is 1.34. The molecule has 1 fully saturated rings. The van der Waals surface area contributed by atoms with Crippen molar-refractivity contribution in [1.29, 1.82) is 0 Å². The van der Waals surface area contributed by atoms with E-state index in [1.807, 2.05) is 0 Å². The Balaban J connectivity index is 2.15. The van der Waals surface area contributed by atoms with Crippen LogP contribution in [0.3, 0.4) is 0 Å². The average molecular weight is 251 g/mol. The van der Waals surface area contributed by atoms with Gasteiger partial charge in [0.05, 0.1) is 24.9 Å². The molecule has 0 bridgehead atoms. The lowest BCUT2D eigenvalue weighted by molar-refractivity contribution is -0.0447. The molecule has 1 unspecified atom stereocenters.